The Hall–Kier alpha value is -0.820. The third kappa shape index (κ3) is 10.8. The van der Waals surface area contributed by atoms with E-state index in [4.69, 9.17) is 0 Å². The number of carbonyl (C=O) groups excluding carboxylic acids is 4. The second kappa shape index (κ2) is 13.8. The molecule has 0 aliphatic heterocycles. The van der Waals surface area contributed by atoms with Gasteiger partial charge in [0.05, 0.1) is 0 Å². The third-order valence-corrected chi connectivity index (χ3v) is 4.47. The number of ether oxygens (including phenoxy) is 1. The first-order valence-electron chi connectivity index (χ1n) is 7.41. The van der Waals surface area contributed by atoms with Gasteiger partial charge in [0.15, 0.2) is 0 Å². The molecule has 0 unspecified atom stereocenters. The Labute approximate surface area is 140 Å². The van der Waals surface area contributed by atoms with Gasteiger partial charge in [0.25, 0.3) is 0 Å². The van der Waals surface area contributed by atoms with Crippen LogP contribution in [-0.2, 0) is 23.9 Å². The van der Waals surface area contributed by atoms with Gasteiger partial charge in [0.2, 0.25) is 11.6 Å². The molecule has 7 heteroatoms. The largest absolute Gasteiger partial charge is 0.382 e. The van der Waals surface area contributed by atoms with Crippen LogP contribution in [-0.4, -0.2) is 47.0 Å². The van der Waals surface area contributed by atoms with Crippen LogP contribution in [0.1, 0.15) is 45.4 Å². The molecule has 22 heavy (non-hydrogen) atoms. The average Bonchev–Trinajstić information content (AvgIpc) is 2.50. The molecule has 0 aliphatic carbocycles. The van der Waals surface area contributed by atoms with Crippen LogP contribution in [0.4, 0.5) is 0 Å². The quantitative estimate of drug-likeness (QED) is 0.219. The maximum Gasteiger partial charge on any atom is 0.382 e. The number of carbonyl (C=O) groups is 4. The van der Waals surface area contributed by atoms with Gasteiger partial charge in [-0.3, -0.25) is 9.59 Å². The lowest BCUT2D eigenvalue weighted by Crippen LogP contribution is -2.26. The van der Waals surface area contributed by atoms with Crippen LogP contribution >= 0.6 is 23.5 Å². The van der Waals surface area contributed by atoms with Crippen molar-refractivity contribution in [3.8, 4) is 0 Å². The summed E-state index contributed by atoms with van der Waals surface area (Å²) < 4.78 is 4.32. The molecular formula is C15H24O5S2. The molecule has 0 bridgehead atoms. The van der Waals surface area contributed by atoms with Gasteiger partial charge in [-0.15, -0.1) is 0 Å². The van der Waals surface area contributed by atoms with Crippen LogP contribution in [0.15, 0.2) is 0 Å². The lowest BCUT2D eigenvalue weighted by atomic mass is 10.2. The molecule has 0 radical (unpaired) electrons. The lowest BCUT2D eigenvalue weighted by molar-refractivity contribution is -0.167. The summed E-state index contributed by atoms with van der Waals surface area (Å²) >= 11 is 3.43. The number of Topliss-reactive ketones (excluding diaryl/α,β-unsaturated/α-hetero) is 2. The summed E-state index contributed by atoms with van der Waals surface area (Å²) in [7, 11) is 0. The Kier molecular flexibility index (Phi) is 13.3. The molecule has 126 valence electrons. The molecular weight excluding hydrogens is 324 g/mol. The summed E-state index contributed by atoms with van der Waals surface area (Å²) in [5, 5.41) is 0. The van der Waals surface area contributed by atoms with E-state index in [0.29, 0.717) is 12.8 Å². The van der Waals surface area contributed by atoms with Crippen molar-refractivity contribution in [3.63, 3.8) is 0 Å². The SMILES string of the molecule is CCSCCCCC(=O)C(=O)OC(=O)C(=O)CCCCSC. The second-order valence-corrected chi connectivity index (χ2v) is 7.01. The van der Waals surface area contributed by atoms with Crippen LogP contribution in [0, 0.1) is 0 Å². The van der Waals surface area contributed by atoms with Crippen LogP contribution in [0.25, 0.3) is 0 Å². The van der Waals surface area contributed by atoms with Crippen molar-refractivity contribution >= 4 is 47.0 Å². The van der Waals surface area contributed by atoms with Gasteiger partial charge in [-0.1, -0.05) is 6.92 Å². The lowest BCUT2D eigenvalue weighted by Gasteiger charge is -2.02. The van der Waals surface area contributed by atoms with Crippen molar-refractivity contribution < 1.29 is 23.9 Å². The van der Waals surface area contributed by atoms with Gasteiger partial charge >= 0.3 is 11.9 Å². The minimum absolute atomic E-state index is 0.0507. The van der Waals surface area contributed by atoms with Crippen LogP contribution in [0.2, 0.25) is 0 Å². The van der Waals surface area contributed by atoms with E-state index in [2.05, 4.69) is 11.7 Å². The van der Waals surface area contributed by atoms with E-state index in [0.717, 1.165) is 30.1 Å². The summed E-state index contributed by atoms with van der Waals surface area (Å²) in [5.74, 6) is -1.06. The van der Waals surface area contributed by atoms with E-state index in [-0.39, 0.29) is 12.8 Å². The zero-order valence-electron chi connectivity index (χ0n) is 13.2. The Bertz CT molecular complexity index is 382. The highest BCUT2D eigenvalue weighted by molar-refractivity contribution is 7.99. The molecule has 0 aromatic carbocycles. The third-order valence-electron chi connectivity index (χ3n) is 2.79. The Morgan fingerprint density at radius 2 is 1.32 bits per heavy atom. The topological polar surface area (TPSA) is 77.5 Å². The number of esters is 2. The first-order chi connectivity index (χ1) is 10.5. The van der Waals surface area contributed by atoms with Gasteiger partial charge in [-0.2, -0.15) is 23.5 Å². The Morgan fingerprint density at radius 1 is 0.818 bits per heavy atom. The maximum atomic E-state index is 11.5. The van der Waals surface area contributed by atoms with E-state index in [9.17, 15) is 19.2 Å². The standard InChI is InChI=1S/C15H24O5S2/c1-3-22-11-7-5-9-13(17)15(19)20-14(18)12(16)8-4-6-10-21-2/h3-11H2,1-2H3. The number of thioether (sulfide) groups is 2. The fourth-order valence-corrected chi connectivity index (χ4v) is 2.76. The van der Waals surface area contributed by atoms with Gasteiger partial charge < -0.3 is 4.74 Å². The minimum atomic E-state index is -1.22. The van der Waals surface area contributed by atoms with E-state index in [1.807, 2.05) is 6.26 Å². The van der Waals surface area contributed by atoms with Crippen molar-refractivity contribution in [2.24, 2.45) is 0 Å². The predicted octanol–water partition coefficient (Wildman–Crippen LogP) is 2.65. The maximum absolute atomic E-state index is 11.5. The predicted molar refractivity (Wildman–Crippen MR) is 90.2 cm³/mol. The number of unbranched alkanes of at least 4 members (excludes halogenated alkanes) is 2. The highest BCUT2D eigenvalue weighted by Gasteiger charge is 2.23. The zero-order chi connectivity index (χ0) is 16.8. The fraction of sp³-hybridized carbons (Fsp3) is 0.733. The average molecular weight is 348 g/mol. The molecule has 0 amide bonds. The molecule has 0 fully saturated rings. The summed E-state index contributed by atoms with van der Waals surface area (Å²) in [6.07, 6.45) is 4.88. The minimum Gasteiger partial charge on any atom is -0.381 e. The van der Waals surface area contributed by atoms with Gasteiger partial charge in [0, 0.05) is 12.8 Å². The Balaban J connectivity index is 3.89. The molecule has 0 saturated carbocycles. The normalized spacial score (nSPS) is 10.3. The second-order valence-electron chi connectivity index (χ2n) is 4.63. The van der Waals surface area contributed by atoms with E-state index in [1.165, 1.54) is 0 Å². The molecule has 0 rings (SSSR count). The molecule has 0 atom stereocenters. The van der Waals surface area contributed by atoms with Crippen LogP contribution < -0.4 is 0 Å². The first-order valence-corrected chi connectivity index (χ1v) is 9.96. The highest BCUT2D eigenvalue weighted by atomic mass is 32.2. The summed E-state index contributed by atoms with van der Waals surface area (Å²) in [5.41, 5.74) is 0. The Morgan fingerprint density at radius 3 is 1.77 bits per heavy atom. The summed E-state index contributed by atoms with van der Waals surface area (Å²) in [6.45, 7) is 2.05. The summed E-state index contributed by atoms with van der Waals surface area (Å²) in [4.78, 5) is 45.7. The van der Waals surface area contributed by atoms with Crippen molar-refractivity contribution in [1.82, 2.24) is 0 Å². The van der Waals surface area contributed by atoms with E-state index < -0.39 is 23.5 Å². The molecule has 0 N–H and O–H groups in total. The highest BCUT2D eigenvalue weighted by Crippen LogP contribution is 2.07. The zero-order valence-corrected chi connectivity index (χ0v) is 14.9. The molecule has 0 spiro atoms. The molecule has 0 heterocycles. The number of hydrogen-bond acceptors (Lipinski definition) is 7. The molecule has 0 aromatic heterocycles. The molecule has 0 aromatic rings. The van der Waals surface area contributed by atoms with Crippen molar-refractivity contribution in [2.75, 3.05) is 23.5 Å². The van der Waals surface area contributed by atoms with Gasteiger partial charge in [0.1, 0.15) is 0 Å². The molecule has 0 saturated heterocycles. The number of hydrogen-bond donors (Lipinski definition) is 0. The number of rotatable bonds is 13. The first kappa shape index (κ1) is 21.2. The van der Waals surface area contributed by atoms with Crippen molar-refractivity contribution in [1.29, 1.82) is 0 Å². The van der Waals surface area contributed by atoms with E-state index >= 15 is 0 Å². The van der Waals surface area contributed by atoms with Crippen LogP contribution in [0.3, 0.4) is 0 Å². The van der Waals surface area contributed by atoms with Gasteiger partial charge in [-0.25, -0.2) is 9.59 Å². The summed E-state index contributed by atoms with van der Waals surface area (Å²) in [6, 6.07) is 0. The van der Waals surface area contributed by atoms with Gasteiger partial charge in [-0.05, 0) is 49.2 Å². The fourth-order valence-electron chi connectivity index (χ4n) is 1.57. The molecule has 0 aliphatic rings. The van der Waals surface area contributed by atoms with Crippen LogP contribution in [0.5, 0.6) is 0 Å². The van der Waals surface area contributed by atoms with Crippen molar-refractivity contribution in [3.05, 3.63) is 0 Å². The monoisotopic (exact) mass is 348 g/mol. The van der Waals surface area contributed by atoms with E-state index in [1.54, 1.807) is 23.5 Å². The molecule has 5 nitrogen and oxygen atoms in total. The van der Waals surface area contributed by atoms with Crippen molar-refractivity contribution in [2.45, 2.75) is 45.4 Å². The smallest absolute Gasteiger partial charge is 0.381 e. The number of ketones is 2.